The number of nitrogens with zero attached hydrogens (tertiary/aromatic N) is 3. The van der Waals surface area contributed by atoms with Crippen LogP contribution in [0.1, 0.15) is 33.1 Å². The van der Waals surface area contributed by atoms with E-state index in [4.69, 9.17) is 0 Å². The molecule has 2 N–H and O–H groups in total. The van der Waals surface area contributed by atoms with Crippen LogP contribution in [0.2, 0.25) is 0 Å². The van der Waals surface area contributed by atoms with Crippen LogP contribution in [-0.4, -0.2) is 49.4 Å². The first-order valence-electron chi connectivity index (χ1n) is 9.86. The van der Waals surface area contributed by atoms with Gasteiger partial charge in [0.1, 0.15) is 11.6 Å². The molecule has 0 saturated carbocycles. The molecule has 0 atom stereocenters. The van der Waals surface area contributed by atoms with Crippen molar-refractivity contribution in [2.24, 2.45) is 0 Å². The Morgan fingerprint density at radius 2 is 2.00 bits per heavy atom. The van der Waals surface area contributed by atoms with Gasteiger partial charge in [0.2, 0.25) is 5.91 Å². The summed E-state index contributed by atoms with van der Waals surface area (Å²) in [5, 5.41) is 15.0. The molecule has 1 heterocycles. The summed E-state index contributed by atoms with van der Waals surface area (Å²) in [6.45, 7) is 7.97. The monoisotopic (exact) mass is 383 g/mol. The number of rotatable bonds is 10. The van der Waals surface area contributed by atoms with E-state index < -0.39 is 5.91 Å². The lowest BCUT2D eigenvalue weighted by molar-refractivity contribution is -0.127. The Kier molecular flexibility index (Phi) is 8.35. The molecular formula is C21H29N5O2. The maximum Gasteiger partial charge on any atom is 0.263 e. The fraction of sp³-hybridized carbons (Fsp3) is 0.476. The molecule has 2 amide bonds. The highest BCUT2D eigenvalue weighted by molar-refractivity contribution is 5.97. The molecule has 2 rings (SSSR count). The van der Waals surface area contributed by atoms with Crippen molar-refractivity contribution in [3.8, 4) is 6.07 Å². The molecule has 0 bridgehead atoms. The fourth-order valence-corrected chi connectivity index (χ4v) is 3.17. The number of nitriles is 1. The number of carbonyl (C=O) groups is 2. The molecule has 1 aliphatic heterocycles. The zero-order chi connectivity index (χ0) is 20.4. The van der Waals surface area contributed by atoms with Crippen LogP contribution < -0.4 is 15.5 Å². The van der Waals surface area contributed by atoms with Crippen molar-refractivity contribution in [3.63, 3.8) is 0 Å². The zero-order valence-corrected chi connectivity index (χ0v) is 16.7. The van der Waals surface area contributed by atoms with E-state index in [0.29, 0.717) is 25.9 Å². The summed E-state index contributed by atoms with van der Waals surface area (Å²) in [6, 6.07) is 9.78. The Morgan fingerprint density at radius 1 is 1.29 bits per heavy atom. The van der Waals surface area contributed by atoms with Crippen molar-refractivity contribution in [2.45, 2.75) is 33.1 Å². The van der Waals surface area contributed by atoms with Gasteiger partial charge in [-0.3, -0.25) is 9.59 Å². The number of hydrogen-bond acceptors (Lipinski definition) is 5. The first-order valence-corrected chi connectivity index (χ1v) is 9.86. The summed E-state index contributed by atoms with van der Waals surface area (Å²) < 4.78 is 0. The fourth-order valence-electron chi connectivity index (χ4n) is 3.17. The minimum absolute atomic E-state index is 0.0186. The Labute approximate surface area is 167 Å². The van der Waals surface area contributed by atoms with Crippen LogP contribution in [0, 0.1) is 11.3 Å². The summed E-state index contributed by atoms with van der Waals surface area (Å²) in [7, 11) is 0. The van der Waals surface area contributed by atoms with Crippen LogP contribution in [0.4, 0.5) is 11.4 Å². The Bertz CT molecular complexity index is 732. The van der Waals surface area contributed by atoms with E-state index >= 15 is 0 Å². The van der Waals surface area contributed by atoms with E-state index in [1.807, 2.05) is 35.2 Å². The van der Waals surface area contributed by atoms with Crippen LogP contribution >= 0.6 is 0 Å². The molecule has 1 aliphatic rings. The average molecular weight is 383 g/mol. The number of hydrogen-bond donors (Lipinski definition) is 2. The highest BCUT2D eigenvalue weighted by Crippen LogP contribution is 2.18. The summed E-state index contributed by atoms with van der Waals surface area (Å²) in [4.78, 5) is 27.7. The Morgan fingerprint density at radius 3 is 2.57 bits per heavy atom. The predicted octanol–water partition coefficient (Wildman–Crippen LogP) is 2.48. The quantitative estimate of drug-likeness (QED) is 0.368. The van der Waals surface area contributed by atoms with Gasteiger partial charge in [0.05, 0.1) is 0 Å². The standard InChI is InChI=1S/C21H29N5O2/c1-3-25(4-2)19-10-8-18(9-11-19)24-16-17(15-22)21(28)23-12-6-14-26-13-5-7-20(26)27/h8-11,16,24H,3-7,12-14H2,1-2H3,(H,23,28)/b17-16-. The van der Waals surface area contributed by atoms with Crippen LogP contribution in [0.25, 0.3) is 0 Å². The number of carbonyl (C=O) groups excluding carboxylic acids is 2. The lowest BCUT2D eigenvalue weighted by atomic mass is 10.2. The highest BCUT2D eigenvalue weighted by Gasteiger charge is 2.19. The molecule has 7 heteroatoms. The van der Waals surface area contributed by atoms with Gasteiger partial charge < -0.3 is 20.4 Å². The Balaban J connectivity index is 1.81. The maximum absolute atomic E-state index is 12.1. The first-order chi connectivity index (χ1) is 13.6. The number of benzene rings is 1. The van der Waals surface area contributed by atoms with Crippen LogP contribution in [0.3, 0.4) is 0 Å². The molecule has 1 aromatic carbocycles. The van der Waals surface area contributed by atoms with Crippen molar-refractivity contribution < 1.29 is 9.59 Å². The smallest absolute Gasteiger partial charge is 0.263 e. The van der Waals surface area contributed by atoms with Gasteiger partial charge in [0.15, 0.2) is 0 Å². The predicted molar refractivity (Wildman–Crippen MR) is 111 cm³/mol. The van der Waals surface area contributed by atoms with Gasteiger partial charge in [-0.25, -0.2) is 0 Å². The third kappa shape index (κ3) is 6.02. The van der Waals surface area contributed by atoms with Crippen molar-refractivity contribution in [1.29, 1.82) is 5.26 Å². The molecule has 28 heavy (non-hydrogen) atoms. The van der Waals surface area contributed by atoms with E-state index in [2.05, 4.69) is 29.4 Å². The number of likely N-dealkylation sites (tertiary alicyclic amines) is 1. The second-order valence-electron chi connectivity index (χ2n) is 6.63. The van der Waals surface area contributed by atoms with Crippen LogP contribution in [-0.2, 0) is 9.59 Å². The highest BCUT2D eigenvalue weighted by atomic mass is 16.2. The van der Waals surface area contributed by atoms with Gasteiger partial charge >= 0.3 is 0 Å². The van der Waals surface area contributed by atoms with Gasteiger partial charge in [-0.15, -0.1) is 0 Å². The van der Waals surface area contributed by atoms with Gasteiger partial charge in [0, 0.05) is 56.7 Å². The minimum Gasteiger partial charge on any atom is -0.372 e. The van der Waals surface area contributed by atoms with Crippen molar-refractivity contribution in [2.75, 3.05) is 42.9 Å². The van der Waals surface area contributed by atoms with Gasteiger partial charge in [-0.05, 0) is 51.0 Å². The third-order valence-electron chi connectivity index (χ3n) is 4.81. The largest absolute Gasteiger partial charge is 0.372 e. The molecule has 0 unspecified atom stereocenters. The Hall–Kier alpha value is -3.01. The molecular weight excluding hydrogens is 354 g/mol. The lowest BCUT2D eigenvalue weighted by Gasteiger charge is -2.21. The van der Waals surface area contributed by atoms with E-state index in [-0.39, 0.29) is 11.5 Å². The van der Waals surface area contributed by atoms with E-state index in [9.17, 15) is 14.9 Å². The molecule has 1 fully saturated rings. The first kappa shape index (κ1) is 21.3. The summed E-state index contributed by atoms with van der Waals surface area (Å²) >= 11 is 0. The van der Waals surface area contributed by atoms with E-state index in [1.54, 1.807) is 0 Å². The zero-order valence-electron chi connectivity index (χ0n) is 16.7. The molecule has 0 aliphatic carbocycles. The molecule has 7 nitrogen and oxygen atoms in total. The third-order valence-corrected chi connectivity index (χ3v) is 4.81. The maximum atomic E-state index is 12.1. The second-order valence-corrected chi connectivity index (χ2v) is 6.63. The molecule has 150 valence electrons. The van der Waals surface area contributed by atoms with E-state index in [0.717, 1.165) is 37.4 Å². The molecule has 1 aromatic rings. The van der Waals surface area contributed by atoms with Gasteiger partial charge in [0.25, 0.3) is 5.91 Å². The second kappa shape index (κ2) is 11.0. The van der Waals surface area contributed by atoms with Crippen molar-refractivity contribution in [1.82, 2.24) is 10.2 Å². The summed E-state index contributed by atoms with van der Waals surface area (Å²) in [5.41, 5.74) is 1.96. The van der Waals surface area contributed by atoms with Crippen molar-refractivity contribution in [3.05, 3.63) is 36.0 Å². The van der Waals surface area contributed by atoms with E-state index in [1.165, 1.54) is 6.20 Å². The molecule has 0 spiro atoms. The number of nitrogens with one attached hydrogen (secondary N) is 2. The van der Waals surface area contributed by atoms with Crippen LogP contribution in [0.5, 0.6) is 0 Å². The number of anilines is 2. The van der Waals surface area contributed by atoms with Gasteiger partial charge in [-0.2, -0.15) is 5.26 Å². The van der Waals surface area contributed by atoms with Gasteiger partial charge in [-0.1, -0.05) is 0 Å². The normalized spacial score (nSPS) is 14.0. The molecule has 1 saturated heterocycles. The topological polar surface area (TPSA) is 88.5 Å². The summed E-state index contributed by atoms with van der Waals surface area (Å²) in [5.74, 6) is -0.234. The summed E-state index contributed by atoms with van der Waals surface area (Å²) in [6.07, 6.45) is 3.63. The number of amides is 2. The lowest BCUT2D eigenvalue weighted by Crippen LogP contribution is -2.31. The molecule has 0 radical (unpaired) electrons. The SMILES string of the molecule is CCN(CC)c1ccc(N/C=C(/C#N)C(=O)NCCCN2CCCC2=O)cc1. The average Bonchev–Trinajstić information content (AvgIpc) is 3.12. The van der Waals surface area contributed by atoms with Crippen molar-refractivity contribution >= 4 is 23.2 Å². The minimum atomic E-state index is -0.414. The van der Waals surface area contributed by atoms with Crippen LogP contribution in [0.15, 0.2) is 36.0 Å². The molecule has 0 aromatic heterocycles.